The number of thioether (sulfide) groups is 2. The zero-order valence-corrected chi connectivity index (χ0v) is 15.1. The Hall–Kier alpha value is -1.54. The standard InChI is InChI=1S/C15H19N3O3S2/c1-9(2)22-15(23-10(3)4)14(20)21-18-13(19)11-7-5-6-8-12(11)16-17-18/h5-10,15H,1-4H3. The number of fused-ring (bicyclic) bond motifs is 1. The Balaban J connectivity index is 2.24. The fourth-order valence-corrected chi connectivity index (χ4v) is 4.69. The molecule has 1 aromatic heterocycles. The van der Waals surface area contributed by atoms with Crippen molar-refractivity contribution in [3.05, 3.63) is 34.6 Å². The second-order valence-corrected chi connectivity index (χ2v) is 9.07. The quantitative estimate of drug-likeness (QED) is 0.583. The van der Waals surface area contributed by atoms with Crippen LogP contribution in [0.15, 0.2) is 29.1 Å². The predicted molar refractivity (Wildman–Crippen MR) is 94.6 cm³/mol. The van der Waals surface area contributed by atoms with Crippen LogP contribution >= 0.6 is 23.5 Å². The molecule has 6 nitrogen and oxygen atoms in total. The van der Waals surface area contributed by atoms with Crippen LogP contribution in [0.4, 0.5) is 0 Å². The second kappa shape index (κ2) is 7.83. The fraction of sp³-hybridized carbons (Fsp3) is 0.467. The molecule has 0 spiro atoms. The van der Waals surface area contributed by atoms with Crippen molar-refractivity contribution in [2.75, 3.05) is 0 Å². The van der Waals surface area contributed by atoms with E-state index in [1.807, 2.05) is 27.7 Å². The highest BCUT2D eigenvalue weighted by molar-refractivity contribution is 8.18. The zero-order chi connectivity index (χ0) is 17.0. The van der Waals surface area contributed by atoms with Gasteiger partial charge in [-0.25, -0.2) is 4.79 Å². The van der Waals surface area contributed by atoms with Gasteiger partial charge in [0.2, 0.25) is 0 Å². The van der Waals surface area contributed by atoms with Gasteiger partial charge in [-0.15, -0.1) is 28.6 Å². The third-order valence-electron chi connectivity index (χ3n) is 2.70. The molecule has 0 radical (unpaired) electrons. The Bertz CT molecular complexity index is 736. The Morgan fingerprint density at radius 3 is 2.35 bits per heavy atom. The molecule has 0 bridgehead atoms. The number of aromatic nitrogens is 3. The van der Waals surface area contributed by atoms with Crippen LogP contribution in [-0.4, -0.2) is 36.2 Å². The molecule has 0 amide bonds. The lowest BCUT2D eigenvalue weighted by Crippen LogP contribution is -2.37. The van der Waals surface area contributed by atoms with Crippen molar-refractivity contribution in [3.8, 4) is 0 Å². The molecule has 8 heteroatoms. The van der Waals surface area contributed by atoms with Gasteiger partial charge in [-0.05, 0) is 22.2 Å². The normalized spacial score (nSPS) is 11.6. The second-order valence-electron chi connectivity index (χ2n) is 5.40. The summed E-state index contributed by atoms with van der Waals surface area (Å²) in [5, 5.41) is 8.46. The molecule has 0 fully saturated rings. The molecule has 124 valence electrons. The molecular weight excluding hydrogens is 334 g/mol. The van der Waals surface area contributed by atoms with Gasteiger partial charge in [0.25, 0.3) is 0 Å². The summed E-state index contributed by atoms with van der Waals surface area (Å²) in [5.74, 6) is -0.505. The minimum Gasteiger partial charge on any atom is -0.312 e. The van der Waals surface area contributed by atoms with Crippen LogP contribution in [0, 0.1) is 0 Å². The van der Waals surface area contributed by atoms with Crippen LogP contribution < -0.4 is 10.4 Å². The Morgan fingerprint density at radius 2 is 1.74 bits per heavy atom. The molecule has 2 aromatic rings. The van der Waals surface area contributed by atoms with Crippen molar-refractivity contribution >= 4 is 40.4 Å². The highest BCUT2D eigenvalue weighted by Gasteiger charge is 2.26. The van der Waals surface area contributed by atoms with Crippen molar-refractivity contribution in [2.45, 2.75) is 42.8 Å². The summed E-state index contributed by atoms with van der Waals surface area (Å²) in [5.41, 5.74) is -0.0266. The number of carbonyl (C=O) groups excluding carboxylic acids is 1. The van der Waals surface area contributed by atoms with Crippen LogP contribution in [0.2, 0.25) is 0 Å². The molecule has 0 aliphatic heterocycles. The highest BCUT2D eigenvalue weighted by Crippen LogP contribution is 2.30. The molecule has 0 aliphatic rings. The molecular formula is C15H19N3O3S2. The lowest BCUT2D eigenvalue weighted by molar-refractivity contribution is -0.144. The maximum absolute atomic E-state index is 12.4. The maximum Gasteiger partial charge on any atom is 0.357 e. The van der Waals surface area contributed by atoms with Crippen molar-refractivity contribution in [3.63, 3.8) is 0 Å². The number of rotatable bonds is 6. The van der Waals surface area contributed by atoms with Gasteiger partial charge >= 0.3 is 11.5 Å². The molecule has 2 rings (SSSR count). The number of nitrogens with zero attached hydrogens (tertiary/aromatic N) is 3. The van der Waals surface area contributed by atoms with Crippen LogP contribution in [0.1, 0.15) is 27.7 Å². The Kier molecular flexibility index (Phi) is 6.06. The van der Waals surface area contributed by atoms with Gasteiger partial charge < -0.3 is 4.84 Å². The van der Waals surface area contributed by atoms with E-state index in [-0.39, 0.29) is 10.5 Å². The Morgan fingerprint density at radius 1 is 1.13 bits per heavy atom. The van der Waals surface area contributed by atoms with Crippen molar-refractivity contribution in [1.29, 1.82) is 0 Å². The summed E-state index contributed by atoms with van der Waals surface area (Å²) in [6, 6.07) is 6.80. The molecule has 0 atom stereocenters. The van der Waals surface area contributed by atoms with Crippen LogP contribution in [0.3, 0.4) is 0 Å². The predicted octanol–water partition coefficient (Wildman–Crippen LogP) is 2.36. The average Bonchev–Trinajstić information content (AvgIpc) is 2.48. The largest absolute Gasteiger partial charge is 0.357 e. The number of carbonyl (C=O) groups is 1. The van der Waals surface area contributed by atoms with E-state index in [1.165, 1.54) is 23.5 Å². The SMILES string of the molecule is CC(C)SC(SC(C)C)C(=O)On1nnc2ccccc2c1=O. The molecule has 23 heavy (non-hydrogen) atoms. The topological polar surface area (TPSA) is 74.1 Å². The third-order valence-corrected chi connectivity index (χ3v) is 5.34. The van der Waals surface area contributed by atoms with Crippen molar-refractivity contribution in [1.82, 2.24) is 15.2 Å². The first-order valence-corrected chi connectivity index (χ1v) is 9.15. The molecule has 0 saturated heterocycles. The summed E-state index contributed by atoms with van der Waals surface area (Å²) in [6.07, 6.45) is 0. The lowest BCUT2D eigenvalue weighted by Gasteiger charge is -2.18. The van der Waals surface area contributed by atoms with Gasteiger partial charge in [-0.2, -0.15) is 0 Å². The fourth-order valence-electron chi connectivity index (χ4n) is 1.80. The molecule has 0 aliphatic carbocycles. The maximum atomic E-state index is 12.4. The van der Waals surface area contributed by atoms with Gasteiger partial charge in [-0.3, -0.25) is 4.79 Å². The minimum absolute atomic E-state index is 0.262. The van der Waals surface area contributed by atoms with Gasteiger partial charge in [0.05, 0.1) is 5.39 Å². The Labute approximate surface area is 142 Å². The molecule has 0 N–H and O–H groups in total. The van der Waals surface area contributed by atoms with Crippen molar-refractivity contribution < 1.29 is 9.63 Å². The van der Waals surface area contributed by atoms with E-state index in [2.05, 4.69) is 10.3 Å². The highest BCUT2D eigenvalue weighted by atomic mass is 32.2. The van der Waals surface area contributed by atoms with E-state index in [0.717, 1.165) is 0 Å². The third kappa shape index (κ3) is 4.71. The number of hydrogen-bond donors (Lipinski definition) is 0. The monoisotopic (exact) mass is 353 g/mol. The summed E-state index contributed by atoms with van der Waals surface area (Å²) in [7, 11) is 0. The lowest BCUT2D eigenvalue weighted by atomic mass is 10.2. The first kappa shape index (κ1) is 17.8. The summed E-state index contributed by atoms with van der Waals surface area (Å²) in [6.45, 7) is 8.03. The first-order valence-electron chi connectivity index (χ1n) is 7.26. The molecule has 0 unspecified atom stereocenters. The van der Waals surface area contributed by atoms with Gasteiger partial charge in [-0.1, -0.05) is 39.8 Å². The first-order chi connectivity index (χ1) is 10.9. The zero-order valence-electron chi connectivity index (χ0n) is 13.4. The van der Waals surface area contributed by atoms with Crippen molar-refractivity contribution in [2.24, 2.45) is 0 Å². The summed E-state index contributed by atoms with van der Waals surface area (Å²) in [4.78, 5) is 30.5. The minimum atomic E-state index is -0.505. The van der Waals surface area contributed by atoms with Gasteiger partial charge in [0, 0.05) is 10.5 Å². The van der Waals surface area contributed by atoms with E-state index in [1.54, 1.807) is 24.3 Å². The van der Waals surface area contributed by atoms with E-state index < -0.39 is 16.1 Å². The van der Waals surface area contributed by atoms with Crippen LogP contribution in [0.5, 0.6) is 0 Å². The van der Waals surface area contributed by atoms with Crippen LogP contribution in [-0.2, 0) is 4.79 Å². The molecule has 0 saturated carbocycles. The summed E-state index contributed by atoms with van der Waals surface area (Å²) < 4.78 is -0.421. The van der Waals surface area contributed by atoms with Gasteiger partial charge in [0.1, 0.15) is 5.52 Å². The van der Waals surface area contributed by atoms with Gasteiger partial charge in [0.15, 0.2) is 4.58 Å². The van der Waals surface area contributed by atoms with Crippen LogP contribution in [0.25, 0.3) is 10.9 Å². The van der Waals surface area contributed by atoms with E-state index in [9.17, 15) is 9.59 Å². The number of hydrogen-bond acceptors (Lipinski definition) is 7. The van der Waals surface area contributed by atoms with E-state index in [0.29, 0.717) is 15.7 Å². The number of benzene rings is 1. The van der Waals surface area contributed by atoms with E-state index in [4.69, 9.17) is 4.84 Å². The molecule has 1 aromatic carbocycles. The smallest absolute Gasteiger partial charge is 0.312 e. The molecule has 1 heterocycles. The summed E-state index contributed by atoms with van der Waals surface area (Å²) >= 11 is 2.98. The van der Waals surface area contributed by atoms with E-state index >= 15 is 0 Å². The average molecular weight is 353 g/mol.